The van der Waals surface area contributed by atoms with Crippen LogP contribution in [0.1, 0.15) is 76.3 Å². The van der Waals surface area contributed by atoms with Crippen LogP contribution in [0, 0.1) is 34.5 Å². The number of amides is 1. The van der Waals surface area contributed by atoms with Gasteiger partial charge in [-0.3, -0.25) is 14.4 Å². The molecule has 0 bridgehead atoms. The molecule has 0 saturated heterocycles. The fourth-order valence-electron chi connectivity index (χ4n) is 7.68. The fourth-order valence-corrected chi connectivity index (χ4v) is 7.68. The van der Waals surface area contributed by atoms with Gasteiger partial charge in [-0.1, -0.05) is 13.8 Å². The number of Topliss-reactive ketones (excluding diaryl/α,β-unsaturated/α-hetero) is 1. The van der Waals surface area contributed by atoms with Crippen LogP contribution in [0.2, 0.25) is 0 Å². The molecule has 3 aliphatic carbocycles. The van der Waals surface area contributed by atoms with Gasteiger partial charge >= 0.3 is 18.3 Å². The van der Waals surface area contributed by atoms with Crippen molar-refractivity contribution in [2.75, 3.05) is 5.32 Å². The third-order valence-corrected chi connectivity index (χ3v) is 9.68. The van der Waals surface area contributed by atoms with E-state index in [9.17, 15) is 45.8 Å². The molecule has 3 aliphatic rings. The lowest BCUT2D eigenvalue weighted by molar-refractivity contribution is -0.150. The number of aliphatic carboxylic acids is 1. The van der Waals surface area contributed by atoms with Crippen LogP contribution in [0.5, 0.6) is 0 Å². The highest BCUT2D eigenvalue weighted by Crippen LogP contribution is 2.64. The molecular formula is C27H31F6NO4. The lowest BCUT2D eigenvalue weighted by Crippen LogP contribution is -2.53. The number of fused-ring (bicyclic) bond motifs is 3. The van der Waals surface area contributed by atoms with Crippen molar-refractivity contribution in [1.82, 2.24) is 0 Å². The molecule has 210 valence electrons. The smallest absolute Gasteiger partial charge is 0.418 e. The Morgan fingerprint density at radius 2 is 1.68 bits per heavy atom. The second-order valence-corrected chi connectivity index (χ2v) is 11.6. The Morgan fingerprint density at radius 1 is 1.00 bits per heavy atom. The average molecular weight is 548 g/mol. The molecule has 0 radical (unpaired) electrons. The standard InChI is InChI=1S/C27H31F6NO4/c1-24-11-9-17-15(4-8-21(35)25(17,2)12-10-22(36)37)16(24)6-7-19(24)23(38)34-20-13-14(26(28,29)30)3-5-18(20)27(31,32)33/h3,5,13,15-17,19H,4,6-12H2,1-2H3,(H,34,38)(H,36,37)/t15?,16?,17?,19?,24-,25+/m0/s1. The third kappa shape index (κ3) is 4.93. The van der Waals surface area contributed by atoms with Crippen molar-refractivity contribution in [1.29, 1.82) is 0 Å². The quantitative estimate of drug-likeness (QED) is 0.391. The number of ketones is 1. The molecule has 1 aromatic rings. The van der Waals surface area contributed by atoms with Gasteiger partial charge in [-0.2, -0.15) is 26.3 Å². The summed E-state index contributed by atoms with van der Waals surface area (Å²) in [6.07, 6.45) is -6.76. The summed E-state index contributed by atoms with van der Waals surface area (Å²) < 4.78 is 80.3. The summed E-state index contributed by atoms with van der Waals surface area (Å²) >= 11 is 0. The lowest BCUT2D eigenvalue weighted by atomic mass is 9.48. The highest BCUT2D eigenvalue weighted by Gasteiger charge is 2.60. The predicted octanol–water partition coefficient (Wildman–Crippen LogP) is 6.96. The Morgan fingerprint density at radius 3 is 2.29 bits per heavy atom. The minimum absolute atomic E-state index is 0.00199. The van der Waals surface area contributed by atoms with Crippen LogP contribution in [0.4, 0.5) is 32.0 Å². The van der Waals surface area contributed by atoms with E-state index in [1.54, 1.807) is 0 Å². The minimum atomic E-state index is -4.96. The van der Waals surface area contributed by atoms with Gasteiger partial charge in [0.25, 0.3) is 0 Å². The molecule has 0 aromatic heterocycles. The molecule has 0 heterocycles. The molecule has 4 rings (SSSR count). The summed E-state index contributed by atoms with van der Waals surface area (Å²) in [6, 6.07) is 1.01. The first kappa shape index (κ1) is 28.4. The maximum absolute atomic E-state index is 13.6. The molecule has 3 saturated carbocycles. The van der Waals surface area contributed by atoms with Crippen molar-refractivity contribution in [3.63, 3.8) is 0 Å². The zero-order chi connectivity index (χ0) is 28.3. The second kappa shape index (κ2) is 9.55. The first-order valence-electron chi connectivity index (χ1n) is 12.8. The van der Waals surface area contributed by atoms with Gasteiger partial charge in [0.2, 0.25) is 5.91 Å². The predicted molar refractivity (Wildman–Crippen MR) is 125 cm³/mol. The van der Waals surface area contributed by atoms with Crippen LogP contribution in [-0.4, -0.2) is 22.8 Å². The number of rotatable bonds is 5. The summed E-state index contributed by atoms with van der Waals surface area (Å²) in [7, 11) is 0. The molecular weight excluding hydrogens is 516 g/mol. The van der Waals surface area contributed by atoms with Crippen LogP contribution in [-0.2, 0) is 26.7 Å². The molecule has 5 nitrogen and oxygen atoms in total. The van der Waals surface area contributed by atoms with Gasteiger partial charge in [-0.25, -0.2) is 0 Å². The average Bonchev–Trinajstić information content (AvgIpc) is 3.16. The highest BCUT2D eigenvalue weighted by atomic mass is 19.4. The first-order valence-corrected chi connectivity index (χ1v) is 12.8. The number of carbonyl (C=O) groups is 3. The summed E-state index contributed by atoms with van der Waals surface area (Å²) in [6.45, 7) is 3.73. The topological polar surface area (TPSA) is 83.5 Å². The molecule has 1 amide bonds. The monoisotopic (exact) mass is 547 g/mol. The molecule has 6 atom stereocenters. The maximum atomic E-state index is 13.6. The third-order valence-electron chi connectivity index (χ3n) is 9.68. The number of alkyl halides is 6. The summed E-state index contributed by atoms with van der Waals surface area (Å²) in [5, 5.41) is 11.4. The van der Waals surface area contributed by atoms with Crippen LogP contribution in [0.25, 0.3) is 0 Å². The van der Waals surface area contributed by atoms with E-state index in [0.29, 0.717) is 56.7 Å². The summed E-state index contributed by atoms with van der Waals surface area (Å²) in [5.74, 6) is -2.37. The second-order valence-electron chi connectivity index (χ2n) is 11.6. The van der Waals surface area contributed by atoms with E-state index in [-0.39, 0.29) is 36.4 Å². The minimum Gasteiger partial charge on any atom is -0.481 e. The Kier molecular flexibility index (Phi) is 7.14. The Balaban J connectivity index is 1.59. The number of halogens is 6. The van der Waals surface area contributed by atoms with Crippen LogP contribution >= 0.6 is 0 Å². The van der Waals surface area contributed by atoms with E-state index in [4.69, 9.17) is 0 Å². The normalized spacial score (nSPS) is 33.4. The first-order chi connectivity index (χ1) is 17.5. The number of carboxylic acid groups (broad SMARTS) is 1. The molecule has 3 fully saturated rings. The summed E-state index contributed by atoms with van der Waals surface area (Å²) in [5.41, 5.74) is -4.93. The SMILES string of the molecule is C[C@]12CCC3C(CCC(=O)[C@]3(C)CCC(=O)O)C1CCC2C(=O)Nc1cc(C(F)(F)F)ccc1C(F)(F)F. The molecule has 1 aromatic carbocycles. The highest BCUT2D eigenvalue weighted by molar-refractivity contribution is 5.94. The van der Waals surface area contributed by atoms with Gasteiger partial charge in [0.1, 0.15) is 5.78 Å². The number of nitrogens with one attached hydrogen (secondary N) is 1. The van der Waals surface area contributed by atoms with Crippen LogP contribution < -0.4 is 5.32 Å². The van der Waals surface area contributed by atoms with E-state index in [0.717, 1.165) is 0 Å². The van der Waals surface area contributed by atoms with E-state index < -0.39 is 57.8 Å². The molecule has 4 unspecified atom stereocenters. The Bertz CT molecular complexity index is 1130. The maximum Gasteiger partial charge on any atom is 0.418 e. The molecule has 0 spiro atoms. The fraction of sp³-hybridized carbons (Fsp3) is 0.667. The molecule has 38 heavy (non-hydrogen) atoms. The largest absolute Gasteiger partial charge is 0.481 e. The number of hydrogen-bond donors (Lipinski definition) is 2. The van der Waals surface area contributed by atoms with Gasteiger partial charge in [0, 0.05) is 24.2 Å². The van der Waals surface area contributed by atoms with Gasteiger partial charge in [0.15, 0.2) is 0 Å². The van der Waals surface area contributed by atoms with Crippen molar-refractivity contribution in [2.24, 2.45) is 34.5 Å². The van der Waals surface area contributed by atoms with Crippen molar-refractivity contribution in [3.05, 3.63) is 29.3 Å². The number of carbonyl (C=O) groups excluding carboxylic acids is 2. The number of benzene rings is 1. The van der Waals surface area contributed by atoms with Gasteiger partial charge in [-0.05, 0) is 79.9 Å². The molecule has 0 aliphatic heterocycles. The lowest BCUT2D eigenvalue weighted by Gasteiger charge is -2.55. The van der Waals surface area contributed by atoms with Crippen molar-refractivity contribution < 1.29 is 45.8 Å². The zero-order valence-electron chi connectivity index (χ0n) is 21.1. The van der Waals surface area contributed by atoms with Crippen molar-refractivity contribution in [2.45, 2.75) is 77.6 Å². The Hall–Kier alpha value is -2.59. The van der Waals surface area contributed by atoms with Gasteiger partial charge in [0.05, 0.1) is 16.8 Å². The van der Waals surface area contributed by atoms with Crippen molar-refractivity contribution >= 4 is 23.3 Å². The van der Waals surface area contributed by atoms with Crippen molar-refractivity contribution in [3.8, 4) is 0 Å². The van der Waals surface area contributed by atoms with Crippen LogP contribution in [0.3, 0.4) is 0 Å². The Labute approximate surface area is 216 Å². The van der Waals surface area contributed by atoms with E-state index in [1.165, 1.54) is 0 Å². The van der Waals surface area contributed by atoms with E-state index in [1.807, 2.05) is 13.8 Å². The van der Waals surface area contributed by atoms with Gasteiger partial charge in [-0.15, -0.1) is 0 Å². The molecule has 11 heteroatoms. The zero-order valence-corrected chi connectivity index (χ0v) is 21.1. The summed E-state index contributed by atoms with van der Waals surface area (Å²) in [4.78, 5) is 37.5. The van der Waals surface area contributed by atoms with E-state index >= 15 is 0 Å². The number of anilines is 1. The van der Waals surface area contributed by atoms with Gasteiger partial charge < -0.3 is 10.4 Å². The van der Waals surface area contributed by atoms with E-state index in [2.05, 4.69) is 5.32 Å². The molecule has 2 N–H and O–H groups in total. The number of carboxylic acids is 1. The van der Waals surface area contributed by atoms with Crippen LogP contribution in [0.15, 0.2) is 18.2 Å². The number of hydrogen-bond acceptors (Lipinski definition) is 3.